The van der Waals surface area contributed by atoms with E-state index in [9.17, 15) is 4.79 Å². The van der Waals surface area contributed by atoms with E-state index in [0.717, 1.165) is 12.8 Å². The molecule has 22 heavy (non-hydrogen) atoms. The van der Waals surface area contributed by atoms with Crippen molar-refractivity contribution in [2.45, 2.75) is 58.3 Å². The number of carbonyl (C=O) groups excluding carboxylic acids is 1. The largest absolute Gasteiger partial charge is 0.463 e. The molecule has 0 unspecified atom stereocenters. The highest BCUT2D eigenvalue weighted by Crippen LogP contribution is 2.08. The molecule has 0 aromatic heterocycles. The minimum absolute atomic E-state index is 0.117. The Bertz CT molecular complexity index is 233. The second-order valence-electron chi connectivity index (χ2n) is 5.31. The van der Waals surface area contributed by atoms with Gasteiger partial charge in [0.25, 0.3) is 0 Å². The average molecular weight is 318 g/mol. The Morgan fingerprint density at radius 2 is 1.27 bits per heavy atom. The number of hydrogen-bond donors (Lipinski definition) is 0. The Balaban J connectivity index is 3.13. The predicted molar refractivity (Wildman–Crippen MR) is 87.1 cm³/mol. The number of carbonyl (C=O) groups is 1. The van der Waals surface area contributed by atoms with Crippen LogP contribution in [-0.2, 0) is 23.7 Å². The molecule has 5 heteroatoms. The van der Waals surface area contributed by atoms with Gasteiger partial charge in [-0.3, -0.25) is 4.79 Å². The van der Waals surface area contributed by atoms with E-state index in [0.29, 0.717) is 46.1 Å². The molecular weight excluding hydrogens is 284 g/mol. The molecule has 0 spiro atoms. The Morgan fingerprint density at radius 3 is 1.91 bits per heavy atom. The van der Waals surface area contributed by atoms with E-state index in [1.165, 1.54) is 32.1 Å². The van der Waals surface area contributed by atoms with E-state index in [1.807, 2.05) is 0 Å². The summed E-state index contributed by atoms with van der Waals surface area (Å²) >= 11 is 0. The minimum Gasteiger partial charge on any atom is -0.463 e. The molecule has 0 aromatic carbocycles. The third kappa shape index (κ3) is 17.4. The molecule has 0 saturated heterocycles. The molecule has 0 heterocycles. The van der Waals surface area contributed by atoms with Crippen molar-refractivity contribution in [2.75, 3.05) is 46.8 Å². The first-order valence-corrected chi connectivity index (χ1v) is 8.61. The van der Waals surface area contributed by atoms with Crippen LogP contribution in [0.25, 0.3) is 0 Å². The van der Waals surface area contributed by atoms with Crippen molar-refractivity contribution in [1.82, 2.24) is 0 Å². The van der Waals surface area contributed by atoms with Crippen LogP contribution in [0.1, 0.15) is 58.3 Å². The molecule has 0 fully saturated rings. The third-order valence-corrected chi connectivity index (χ3v) is 3.28. The van der Waals surface area contributed by atoms with Gasteiger partial charge in [-0.1, -0.05) is 45.4 Å². The molecule has 0 aliphatic heterocycles. The van der Waals surface area contributed by atoms with Gasteiger partial charge in [0.1, 0.15) is 6.61 Å². The van der Waals surface area contributed by atoms with Crippen molar-refractivity contribution in [3.05, 3.63) is 0 Å². The van der Waals surface area contributed by atoms with Crippen LogP contribution in [0, 0.1) is 0 Å². The van der Waals surface area contributed by atoms with Crippen LogP contribution in [0.5, 0.6) is 0 Å². The van der Waals surface area contributed by atoms with Crippen molar-refractivity contribution >= 4 is 5.97 Å². The number of hydrogen-bond acceptors (Lipinski definition) is 5. The monoisotopic (exact) mass is 318 g/mol. The highest BCUT2D eigenvalue weighted by Gasteiger charge is 2.02. The number of ether oxygens (including phenoxy) is 4. The SMILES string of the molecule is CCCCCCCCCC(=O)OCCOCCOCCOC. The van der Waals surface area contributed by atoms with Crippen LogP contribution in [-0.4, -0.2) is 52.7 Å². The summed E-state index contributed by atoms with van der Waals surface area (Å²) in [5.74, 6) is -0.117. The van der Waals surface area contributed by atoms with Gasteiger partial charge in [-0.15, -0.1) is 0 Å². The number of rotatable bonds is 17. The van der Waals surface area contributed by atoms with E-state index >= 15 is 0 Å². The average Bonchev–Trinajstić information content (AvgIpc) is 2.52. The fourth-order valence-corrected chi connectivity index (χ4v) is 1.98. The lowest BCUT2D eigenvalue weighted by molar-refractivity contribution is -0.145. The first kappa shape index (κ1) is 21.4. The first-order valence-electron chi connectivity index (χ1n) is 8.61. The fourth-order valence-electron chi connectivity index (χ4n) is 1.98. The van der Waals surface area contributed by atoms with Crippen LogP contribution < -0.4 is 0 Å². The lowest BCUT2D eigenvalue weighted by Crippen LogP contribution is -2.13. The molecule has 0 saturated carbocycles. The molecule has 0 aliphatic rings. The summed E-state index contributed by atoms with van der Waals surface area (Å²) in [4.78, 5) is 11.5. The topological polar surface area (TPSA) is 54.0 Å². The van der Waals surface area contributed by atoms with Crippen LogP contribution in [0.15, 0.2) is 0 Å². The van der Waals surface area contributed by atoms with Crippen molar-refractivity contribution < 1.29 is 23.7 Å². The van der Waals surface area contributed by atoms with Gasteiger partial charge < -0.3 is 18.9 Å². The van der Waals surface area contributed by atoms with Crippen molar-refractivity contribution in [3.8, 4) is 0 Å². The van der Waals surface area contributed by atoms with Crippen LogP contribution >= 0.6 is 0 Å². The van der Waals surface area contributed by atoms with Crippen molar-refractivity contribution in [3.63, 3.8) is 0 Å². The Kier molecular flexibility index (Phi) is 17.9. The van der Waals surface area contributed by atoms with Crippen molar-refractivity contribution in [1.29, 1.82) is 0 Å². The maximum absolute atomic E-state index is 11.5. The zero-order chi connectivity index (χ0) is 16.3. The summed E-state index contributed by atoms with van der Waals surface area (Å²) in [7, 11) is 1.64. The maximum Gasteiger partial charge on any atom is 0.305 e. The Morgan fingerprint density at radius 1 is 0.727 bits per heavy atom. The number of esters is 1. The van der Waals surface area contributed by atoms with E-state index in [2.05, 4.69) is 6.92 Å². The van der Waals surface area contributed by atoms with Gasteiger partial charge in [0.05, 0.1) is 33.0 Å². The van der Waals surface area contributed by atoms with E-state index in [-0.39, 0.29) is 5.97 Å². The molecule has 132 valence electrons. The summed E-state index contributed by atoms with van der Waals surface area (Å²) < 4.78 is 20.5. The second-order valence-corrected chi connectivity index (χ2v) is 5.31. The summed E-state index contributed by atoms with van der Waals surface area (Å²) in [5, 5.41) is 0. The molecule has 0 aromatic rings. The number of unbranched alkanes of at least 4 members (excludes halogenated alkanes) is 6. The third-order valence-electron chi connectivity index (χ3n) is 3.28. The van der Waals surface area contributed by atoms with Gasteiger partial charge in [0.15, 0.2) is 0 Å². The van der Waals surface area contributed by atoms with E-state index < -0.39 is 0 Å². The van der Waals surface area contributed by atoms with Gasteiger partial charge in [-0.05, 0) is 6.42 Å². The zero-order valence-corrected chi connectivity index (χ0v) is 14.4. The zero-order valence-electron chi connectivity index (χ0n) is 14.4. The molecule has 0 amide bonds. The van der Waals surface area contributed by atoms with Crippen LogP contribution in [0.3, 0.4) is 0 Å². The first-order chi connectivity index (χ1) is 10.8. The highest BCUT2D eigenvalue weighted by atomic mass is 16.6. The second kappa shape index (κ2) is 18.4. The lowest BCUT2D eigenvalue weighted by Gasteiger charge is -2.07. The van der Waals surface area contributed by atoms with E-state index in [1.54, 1.807) is 7.11 Å². The molecule has 0 rings (SSSR count). The Labute approximate surface area is 135 Å². The highest BCUT2D eigenvalue weighted by molar-refractivity contribution is 5.69. The Hall–Kier alpha value is -0.650. The number of methoxy groups -OCH3 is 1. The molecule has 0 aliphatic carbocycles. The van der Waals surface area contributed by atoms with Crippen molar-refractivity contribution in [2.24, 2.45) is 0 Å². The minimum atomic E-state index is -0.117. The normalized spacial score (nSPS) is 10.8. The molecule has 0 radical (unpaired) electrons. The van der Waals surface area contributed by atoms with Gasteiger partial charge >= 0.3 is 5.97 Å². The van der Waals surface area contributed by atoms with E-state index in [4.69, 9.17) is 18.9 Å². The quantitative estimate of drug-likeness (QED) is 0.304. The van der Waals surface area contributed by atoms with Crippen LogP contribution in [0.2, 0.25) is 0 Å². The van der Waals surface area contributed by atoms with Gasteiger partial charge in [0.2, 0.25) is 0 Å². The molecule has 0 N–H and O–H groups in total. The molecule has 0 atom stereocenters. The predicted octanol–water partition coefficient (Wildman–Crippen LogP) is 3.35. The van der Waals surface area contributed by atoms with Crippen LogP contribution in [0.4, 0.5) is 0 Å². The smallest absolute Gasteiger partial charge is 0.305 e. The summed E-state index contributed by atoms with van der Waals surface area (Å²) in [5.41, 5.74) is 0. The summed E-state index contributed by atoms with van der Waals surface area (Å²) in [6.45, 7) is 5.19. The maximum atomic E-state index is 11.5. The summed E-state index contributed by atoms with van der Waals surface area (Å²) in [6.07, 6.45) is 8.98. The molecule has 0 bridgehead atoms. The lowest BCUT2D eigenvalue weighted by atomic mass is 10.1. The molecule has 5 nitrogen and oxygen atoms in total. The fraction of sp³-hybridized carbons (Fsp3) is 0.941. The van der Waals surface area contributed by atoms with Gasteiger partial charge in [-0.25, -0.2) is 0 Å². The summed E-state index contributed by atoms with van der Waals surface area (Å²) in [6, 6.07) is 0. The standard InChI is InChI=1S/C17H34O5/c1-3-4-5-6-7-8-9-10-17(18)22-16-15-21-14-13-20-12-11-19-2/h3-16H2,1-2H3. The van der Waals surface area contributed by atoms with Gasteiger partial charge in [0, 0.05) is 13.5 Å². The van der Waals surface area contributed by atoms with Gasteiger partial charge in [-0.2, -0.15) is 0 Å². The molecular formula is C17H34O5.